The Morgan fingerprint density at radius 3 is 2.09 bits per heavy atom. The summed E-state index contributed by atoms with van der Waals surface area (Å²) in [6.07, 6.45) is 7.49. The Hall–Kier alpha value is -3.55. The van der Waals surface area contributed by atoms with Crippen molar-refractivity contribution in [2.24, 2.45) is 5.73 Å². The van der Waals surface area contributed by atoms with Crippen molar-refractivity contribution in [3.05, 3.63) is 90.4 Å². The molecule has 1 saturated carbocycles. The minimum atomic E-state index is -0.149. The first kappa shape index (κ1) is 21.3. The maximum Gasteiger partial charge on any atom is 0.148 e. The van der Waals surface area contributed by atoms with Crippen LogP contribution >= 0.6 is 0 Å². The van der Waals surface area contributed by atoms with Crippen molar-refractivity contribution in [3.8, 4) is 17.2 Å². The predicted octanol–water partition coefficient (Wildman–Crippen LogP) is 4.37. The van der Waals surface area contributed by atoms with E-state index in [0.717, 1.165) is 30.2 Å². The number of hydrazine groups is 2. The molecular weight excluding hydrogens is 414 g/mol. The molecule has 0 amide bonds. The first-order valence-electron chi connectivity index (χ1n) is 11.2. The molecule has 1 fully saturated rings. The number of anilines is 1. The number of hydrogen-bond acceptors (Lipinski definition) is 7. The van der Waals surface area contributed by atoms with Gasteiger partial charge in [-0.25, -0.2) is 9.99 Å². The van der Waals surface area contributed by atoms with Gasteiger partial charge in [-0.1, -0.05) is 38.1 Å². The molecular formula is C26H29N5O2. The number of aromatic nitrogens is 1. The van der Waals surface area contributed by atoms with Crippen LogP contribution in [-0.4, -0.2) is 17.1 Å². The summed E-state index contributed by atoms with van der Waals surface area (Å²) in [5.41, 5.74) is 14.0. The van der Waals surface area contributed by atoms with Crippen molar-refractivity contribution >= 4 is 5.82 Å². The minimum Gasteiger partial charge on any atom is -0.490 e. The zero-order chi connectivity index (χ0) is 22.8. The molecule has 170 valence electrons. The predicted molar refractivity (Wildman–Crippen MR) is 129 cm³/mol. The Kier molecular flexibility index (Phi) is 5.66. The lowest BCUT2D eigenvalue weighted by Crippen LogP contribution is -2.43. The molecule has 33 heavy (non-hydrogen) atoms. The molecule has 7 heteroatoms. The molecule has 0 atom stereocenters. The highest BCUT2D eigenvalue weighted by Crippen LogP contribution is 2.34. The molecule has 0 radical (unpaired) electrons. The quantitative estimate of drug-likeness (QED) is 0.500. The molecule has 1 aromatic heterocycles. The standard InChI is InChI=1S/C26H29N5O2/c1-26(2,19-5-9-22(10-6-19)33-24-15-20(27)16-24)18-3-7-21(8-4-18)32-23-11-12-25(28-17-23)31-14-13-29-30-31/h3-14,17,20,24,29-30H,15-16,27H2,1-2H3/t20-,24-. The van der Waals surface area contributed by atoms with E-state index >= 15 is 0 Å². The maximum atomic E-state index is 5.99. The highest BCUT2D eigenvalue weighted by atomic mass is 16.5. The fourth-order valence-electron chi connectivity index (χ4n) is 4.05. The first-order chi connectivity index (χ1) is 16.0. The third kappa shape index (κ3) is 4.65. The number of nitrogens with zero attached hydrogens (tertiary/aromatic N) is 2. The van der Waals surface area contributed by atoms with Gasteiger partial charge < -0.3 is 20.6 Å². The lowest BCUT2D eigenvalue weighted by atomic mass is 9.78. The largest absolute Gasteiger partial charge is 0.490 e. The molecule has 2 aliphatic rings. The van der Waals surface area contributed by atoms with Crippen LogP contribution in [0.15, 0.2) is 79.3 Å². The second kappa shape index (κ2) is 8.77. The van der Waals surface area contributed by atoms with Gasteiger partial charge in [0.25, 0.3) is 0 Å². The zero-order valence-corrected chi connectivity index (χ0v) is 18.9. The molecule has 0 saturated heterocycles. The molecule has 1 aliphatic carbocycles. The Balaban J connectivity index is 1.23. The van der Waals surface area contributed by atoms with E-state index in [1.54, 1.807) is 17.4 Å². The highest BCUT2D eigenvalue weighted by Gasteiger charge is 2.28. The summed E-state index contributed by atoms with van der Waals surface area (Å²) in [6.45, 7) is 4.45. The second-order valence-corrected chi connectivity index (χ2v) is 9.04. The molecule has 3 aromatic rings. The van der Waals surface area contributed by atoms with Crippen LogP contribution in [0.5, 0.6) is 17.2 Å². The summed E-state index contributed by atoms with van der Waals surface area (Å²) >= 11 is 0. The molecule has 4 N–H and O–H groups in total. The van der Waals surface area contributed by atoms with Crippen LogP contribution < -0.4 is 31.2 Å². The lowest BCUT2D eigenvalue weighted by Gasteiger charge is -2.33. The number of hydrogen-bond donors (Lipinski definition) is 3. The lowest BCUT2D eigenvalue weighted by molar-refractivity contribution is 0.101. The van der Waals surface area contributed by atoms with Gasteiger partial charge in [-0.05, 0) is 60.4 Å². The van der Waals surface area contributed by atoms with E-state index in [0.29, 0.717) is 5.75 Å². The van der Waals surface area contributed by atoms with Gasteiger partial charge in [0, 0.05) is 23.9 Å². The van der Waals surface area contributed by atoms with Crippen molar-refractivity contribution in [1.82, 2.24) is 15.9 Å². The smallest absolute Gasteiger partial charge is 0.148 e. The molecule has 1 aliphatic heterocycles. The summed E-state index contributed by atoms with van der Waals surface area (Å²) < 4.78 is 12.0. The third-order valence-corrected chi connectivity index (χ3v) is 6.28. The monoisotopic (exact) mass is 443 g/mol. The van der Waals surface area contributed by atoms with Crippen LogP contribution in [0.3, 0.4) is 0 Å². The molecule has 0 unspecified atom stereocenters. The van der Waals surface area contributed by atoms with Crippen molar-refractivity contribution < 1.29 is 9.47 Å². The second-order valence-electron chi connectivity index (χ2n) is 9.04. The number of benzene rings is 2. The van der Waals surface area contributed by atoms with Crippen molar-refractivity contribution in [3.63, 3.8) is 0 Å². The van der Waals surface area contributed by atoms with Gasteiger partial charge in [-0.3, -0.25) is 0 Å². The van der Waals surface area contributed by atoms with E-state index in [2.05, 4.69) is 66.2 Å². The van der Waals surface area contributed by atoms with Gasteiger partial charge in [0.2, 0.25) is 0 Å². The van der Waals surface area contributed by atoms with Crippen LogP contribution in [-0.2, 0) is 5.41 Å². The zero-order valence-electron chi connectivity index (χ0n) is 18.9. The van der Waals surface area contributed by atoms with E-state index < -0.39 is 0 Å². The Labute approximate surface area is 194 Å². The SMILES string of the molecule is CC(C)(c1ccc(Oc2ccc(N3C=CNN3)nc2)cc1)c1ccc(O[C@H]2C[C@H](N)C2)cc1. The average molecular weight is 444 g/mol. The molecule has 2 aromatic carbocycles. The molecule has 7 nitrogen and oxygen atoms in total. The summed E-state index contributed by atoms with van der Waals surface area (Å²) in [4.78, 5) is 4.42. The van der Waals surface area contributed by atoms with Crippen LogP contribution in [0.1, 0.15) is 37.8 Å². The van der Waals surface area contributed by atoms with Crippen LogP contribution in [0.25, 0.3) is 0 Å². The van der Waals surface area contributed by atoms with Crippen molar-refractivity contribution in [2.45, 2.75) is 44.2 Å². The van der Waals surface area contributed by atoms with Crippen LogP contribution in [0.2, 0.25) is 0 Å². The summed E-state index contributed by atoms with van der Waals surface area (Å²) in [7, 11) is 0. The van der Waals surface area contributed by atoms with E-state index in [1.165, 1.54) is 11.1 Å². The highest BCUT2D eigenvalue weighted by molar-refractivity contribution is 5.45. The number of rotatable bonds is 7. The summed E-state index contributed by atoms with van der Waals surface area (Å²) in [5.74, 6) is 3.13. The van der Waals surface area contributed by atoms with E-state index in [-0.39, 0.29) is 17.6 Å². The number of pyridine rings is 1. The maximum absolute atomic E-state index is 5.99. The molecule has 2 heterocycles. The summed E-state index contributed by atoms with van der Waals surface area (Å²) in [6, 6.07) is 20.7. The van der Waals surface area contributed by atoms with E-state index in [9.17, 15) is 0 Å². The number of nitrogens with one attached hydrogen (secondary N) is 2. The average Bonchev–Trinajstić information content (AvgIpc) is 3.34. The van der Waals surface area contributed by atoms with Crippen LogP contribution in [0.4, 0.5) is 5.82 Å². The molecule has 0 bridgehead atoms. The molecule has 0 spiro atoms. The van der Waals surface area contributed by atoms with Crippen molar-refractivity contribution in [1.29, 1.82) is 0 Å². The fraction of sp³-hybridized carbons (Fsp3) is 0.269. The first-order valence-corrected chi connectivity index (χ1v) is 11.2. The van der Waals surface area contributed by atoms with Crippen molar-refractivity contribution in [2.75, 3.05) is 5.01 Å². The van der Waals surface area contributed by atoms with Gasteiger partial charge >= 0.3 is 0 Å². The van der Waals surface area contributed by atoms with E-state index in [4.69, 9.17) is 15.2 Å². The normalized spacial score (nSPS) is 19.7. The van der Waals surface area contributed by atoms with E-state index in [1.807, 2.05) is 30.5 Å². The topological polar surface area (TPSA) is 84.7 Å². The van der Waals surface area contributed by atoms with Gasteiger partial charge in [0.05, 0.1) is 6.20 Å². The van der Waals surface area contributed by atoms with Crippen LogP contribution in [0, 0.1) is 0 Å². The number of nitrogens with two attached hydrogens (primary N) is 1. The number of ether oxygens (including phenoxy) is 2. The van der Waals surface area contributed by atoms with Gasteiger partial charge in [0.1, 0.15) is 29.2 Å². The Bertz CT molecular complexity index is 1100. The summed E-state index contributed by atoms with van der Waals surface area (Å²) in [5, 5.41) is 1.78. The van der Waals surface area contributed by atoms with Gasteiger partial charge in [0.15, 0.2) is 0 Å². The molecule has 5 rings (SSSR count). The fourth-order valence-corrected chi connectivity index (χ4v) is 4.05. The van der Waals surface area contributed by atoms with Gasteiger partial charge in [-0.2, -0.15) is 0 Å². The van der Waals surface area contributed by atoms with Gasteiger partial charge in [-0.15, -0.1) is 5.53 Å². The minimum absolute atomic E-state index is 0.149. The Morgan fingerprint density at radius 2 is 1.55 bits per heavy atom. The Morgan fingerprint density at radius 1 is 0.909 bits per heavy atom. The third-order valence-electron chi connectivity index (χ3n) is 6.28.